The predicted octanol–water partition coefficient (Wildman–Crippen LogP) is 2.39. The van der Waals surface area contributed by atoms with E-state index < -0.39 is 0 Å². The second kappa shape index (κ2) is 9.42. The third-order valence-corrected chi connectivity index (χ3v) is 2.65. The molecule has 0 amide bonds. The summed E-state index contributed by atoms with van der Waals surface area (Å²) in [5.74, 6) is 1.56. The number of hydrogen-bond donors (Lipinski definition) is 1. The maximum Gasteiger partial charge on any atom is 0.165 e. The van der Waals surface area contributed by atoms with Crippen LogP contribution in [0.15, 0.2) is 30.9 Å². The first-order chi connectivity index (χ1) is 9.33. The molecule has 1 aromatic rings. The number of hydrogen-bond acceptors (Lipinski definition) is 4. The molecule has 0 saturated heterocycles. The Labute approximate surface area is 115 Å². The molecule has 0 fully saturated rings. The lowest BCUT2D eigenvalue weighted by Gasteiger charge is -2.15. The van der Waals surface area contributed by atoms with Crippen molar-refractivity contribution in [1.82, 2.24) is 5.32 Å². The van der Waals surface area contributed by atoms with Crippen LogP contribution >= 0.6 is 0 Å². The van der Waals surface area contributed by atoms with Gasteiger partial charge in [0.25, 0.3) is 0 Å². The fraction of sp³-hybridized carbons (Fsp3) is 0.467. The summed E-state index contributed by atoms with van der Waals surface area (Å²) in [4.78, 5) is 0. The van der Waals surface area contributed by atoms with Gasteiger partial charge in [0.1, 0.15) is 0 Å². The Kier molecular flexibility index (Phi) is 7.70. The Hall–Kier alpha value is -1.52. The molecule has 4 heteroatoms. The number of methoxy groups -OCH3 is 2. The molecule has 1 aromatic carbocycles. The molecule has 0 saturated carbocycles. The average Bonchev–Trinajstić information content (AvgIpc) is 2.44. The second-order valence-electron chi connectivity index (χ2n) is 4.04. The first-order valence-electron chi connectivity index (χ1n) is 6.42. The van der Waals surface area contributed by atoms with E-state index in [1.807, 2.05) is 24.3 Å². The zero-order valence-corrected chi connectivity index (χ0v) is 11.8. The molecule has 19 heavy (non-hydrogen) atoms. The Morgan fingerprint density at radius 3 is 2.79 bits per heavy atom. The normalized spacial score (nSPS) is 10.2. The quantitative estimate of drug-likeness (QED) is 0.521. The molecule has 0 aliphatic rings. The van der Waals surface area contributed by atoms with Crippen LogP contribution in [0.2, 0.25) is 0 Å². The van der Waals surface area contributed by atoms with E-state index in [0.717, 1.165) is 36.6 Å². The van der Waals surface area contributed by atoms with Crippen molar-refractivity contribution in [2.75, 3.05) is 34.0 Å². The Bertz CT molecular complexity index is 380. The molecule has 0 bridgehead atoms. The van der Waals surface area contributed by atoms with Gasteiger partial charge >= 0.3 is 0 Å². The lowest BCUT2D eigenvalue weighted by Crippen LogP contribution is -2.19. The molecule has 0 aromatic heterocycles. The van der Waals surface area contributed by atoms with Gasteiger partial charge in [-0.15, -0.1) is 6.58 Å². The zero-order chi connectivity index (χ0) is 13.9. The topological polar surface area (TPSA) is 39.7 Å². The minimum Gasteiger partial charge on any atom is -0.493 e. The molecule has 0 aliphatic heterocycles. The molecule has 0 radical (unpaired) electrons. The molecule has 0 heterocycles. The minimum absolute atomic E-state index is 0.606. The number of ether oxygens (including phenoxy) is 3. The van der Waals surface area contributed by atoms with Gasteiger partial charge in [-0.1, -0.05) is 18.2 Å². The van der Waals surface area contributed by atoms with Gasteiger partial charge in [0.15, 0.2) is 11.5 Å². The van der Waals surface area contributed by atoms with Crippen LogP contribution in [0.25, 0.3) is 0 Å². The monoisotopic (exact) mass is 265 g/mol. The summed E-state index contributed by atoms with van der Waals surface area (Å²) >= 11 is 0. The van der Waals surface area contributed by atoms with Crippen molar-refractivity contribution in [3.05, 3.63) is 36.4 Å². The van der Waals surface area contributed by atoms with Crippen LogP contribution in [0.3, 0.4) is 0 Å². The molecule has 106 valence electrons. The number of para-hydroxylation sites is 1. The number of benzene rings is 1. The van der Waals surface area contributed by atoms with Gasteiger partial charge in [0.2, 0.25) is 0 Å². The molecule has 1 rings (SSSR count). The summed E-state index contributed by atoms with van der Waals surface area (Å²) in [6.45, 7) is 6.52. The highest BCUT2D eigenvalue weighted by molar-refractivity contribution is 5.46. The Balaban J connectivity index is 2.68. The van der Waals surface area contributed by atoms with Gasteiger partial charge in [-0.25, -0.2) is 0 Å². The van der Waals surface area contributed by atoms with Crippen molar-refractivity contribution in [3.63, 3.8) is 0 Å². The highest BCUT2D eigenvalue weighted by atomic mass is 16.5. The van der Waals surface area contributed by atoms with E-state index in [9.17, 15) is 0 Å². The van der Waals surface area contributed by atoms with Crippen LogP contribution in [0.1, 0.15) is 12.0 Å². The zero-order valence-electron chi connectivity index (χ0n) is 11.8. The van der Waals surface area contributed by atoms with Crippen molar-refractivity contribution in [2.45, 2.75) is 13.0 Å². The smallest absolute Gasteiger partial charge is 0.165 e. The van der Waals surface area contributed by atoms with Gasteiger partial charge < -0.3 is 19.5 Å². The van der Waals surface area contributed by atoms with Gasteiger partial charge in [-0.05, 0) is 12.5 Å². The molecule has 1 N–H and O–H groups in total. The standard InChI is InChI=1S/C15H23NO3/c1-4-5-10-19-15-13(12-16-9-11-17-2)7-6-8-14(15)18-3/h4,6-8,16H,1,5,9-12H2,2-3H3. The fourth-order valence-corrected chi connectivity index (χ4v) is 1.67. The van der Waals surface area contributed by atoms with Crippen molar-refractivity contribution in [2.24, 2.45) is 0 Å². The van der Waals surface area contributed by atoms with E-state index >= 15 is 0 Å². The van der Waals surface area contributed by atoms with E-state index in [4.69, 9.17) is 14.2 Å². The number of rotatable bonds is 10. The van der Waals surface area contributed by atoms with Gasteiger partial charge in [0.05, 0.1) is 20.3 Å². The molecule has 4 nitrogen and oxygen atoms in total. The third-order valence-electron chi connectivity index (χ3n) is 2.65. The molecule has 0 aliphatic carbocycles. The van der Waals surface area contributed by atoms with Gasteiger partial charge in [0, 0.05) is 25.8 Å². The third kappa shape index (κ3) is 5.32. The first kappa shape index (κ1) is 15.5. The van der Waals surface area contributed by atoms with Crippen LogP contribution < -0.4 is 14.8 Å². The van der Waals surface area contributed by atoms with Crippen molar-refractivity contribution in [3.8, 4) is 11.5 Å². The molecule has 0 spiro atoms. The maximum atomic E-state index is 5.79. The SMILES string of the molecule is C=CCCOc1c(CNCCOC)cccc1OC. The summed E-state index contributed by atoms with van der Waals surface area (Å²) in [6.07, 6.45) is 2.65. The molecule has 0 unspecified atom stereocenters. The highest BCUT2D eigenvalue weighted by Crippen LogP contribution is 2.31. The van der Waals surface area contributed by atoms with Crippen molar-refractivity contribution < 1.29 is 14.2 Å². The van der Waals surface area contributed by atoms with E-state index in [1.165, 1.54) is 0 Å². The lowest BCUT2D eigenvalue weighted by molar-refractivity contribution is 0.199. The maximum absolute atomic E-state index is 5.79. The summed E-state index contributed by atoms with van der Waals surface area (Å²) in [5, 5.41) is 3.30. The molecular formula is C15H23NO3. The first-order valence-corrected chi connectivity index (χ1v) is 6.42. The summed E-state index contributed by atoms with van der Waals surface area (Å²) in [6, 6.07) is 5.90. The minimum atomic E-state index is 0.606. The molecular weight excluding hydrogens is 242 g/mol. The van der Waals surface area contributed by atoms with Crippen LogP contribution in [0, 0.1) is 0 Å². The lowest BCUT2D eigenvalue weighted by atomic mass is 10.2. The Morgan fingerprint density at radius 2 is 2.11 bits per heavy atom. The van der Waals surface area contributed by atoms with Crippen LogP contribution in [0.4, 0.5) is 0 Å². The van der Waals surface area contributed by atoms with Gasteiger partial charge in [-0.2, -0.15) is 0 Å². The average molecular weight is 265 g/mol. The van der Waals surface area contributed by atoms with Crippen molar-refractivity contribution >= 4 is 0 Å². The second-order valence-corrected chi connectivity index (χ2v) is 4.04. The molecule has 0 atom stereocenters. The number of nitrogens with one attached hydrogen (secondary N) is 1. The van der Waals surface area contributed by atoms with Crippen LogP contribution in [0.5, 0.6) is 11.5 Å². The summed E-state index contributed by atoms with van der Waals surface area (Å²) in [7, 11) is 3.34. The fourth-order valence-electron chi connectivity index (χ4n) is 1.67. The van der Waals surface area contributed by atoms with E-state index in [2.05, 4.69) is 11.9 Å². The van der Waals surface area contributed by atoms with E-state index in [0.29, 0.717) is 13.2 Å². The summed E-state index contributed by atoms with van der Waals surface area (Å²) in [5.41, 5.74) is 1.08. The predicted molar refractivity (Wildman–Crippen MR) is 76.9 cm³/mol. The van der Waals surface area contributed by atoms with Crippen molar-refractivity contribution in [1.29, 1.82) is 0 Å². The van der Waals surface area contributed by atoms with E-state index in [-0.39, 0.29) is 0 Å². The van der Waals surface area contributed by atoms with E-state index in [1.54, 1.807) is 14.2 Å². The van der Waals surface area contributed by atoms with Crippen LogP contribution in [-0.4, -0.2) is 34.0 Å². The Morgan fingerprint density at radius 1 is 1.26 bits per heavy atom. The van der Waals surface area contributed by atoms with Crippen LogP contribution in [-0.2, 0) is 11.3 Å². The largest absolute Gasteiger partial charge is 0.493 e. The van der Waals surface area contributed by atoms with Gasteiger partial charge in [-0.3, -0.25) is 0 Å². The summed E-state index contributed by atoms with van der Waals surface area (Å²) < 4.78 is 16.1. The highest BCUT2D eigenvalue weighted by Gasteiger charge is 2.09.